The highest BCUT2D eigenvalue weighted by Gasteiger charge is 2.14. The zero-order valence-electron chi connectivity index (χ0n) is 6.48. The first kappa shape index (κ1) is 11.1. The third-order valence-electron chi connectivity index (χ3n) is 1.60. The van der Waals surface area contributed by atoms with E-state index in [9.17, 15) is 0 Å². The lowest BCUT2D eigenvalue weighted by Crippen LogP contribution is -1.68. The van der Waals surface area contributed by atoms with Gasteiger partial charge in [0, 0.05) is 11.1 Å². The van der Waals surface area contributed by atoms with Gasteiger partial charge < -0.3 is 0 Å². The Hall–Kier alpha value is 0.560. The van der Waals surface area contributed by atoms with Crippen molar-refractivity contribution in [3.8, 4) is 11.1 Å². The molecule has 0 saturated carbocycles. The van der Waals surface area contributed by atoms with Crippen molar-refractivity contribution in [3.05, 3.63) is 29.5 Å². The van der Waals surface area contributed by atoms with Crippen molar-refractivity contribution in [3.63, 3.8) is 0 Å². The van der Waals surface area contributed by atoms with Crippen LogP contribution in [0.3, 0.4) is 0 Å². The average molecular weight is 304 g/mol. The van der Waals surface area contributed by atoms with Gasteiger partial charge in [0.15, 0.2) is 0 Å². The fourth-order valence-corrected chi connectivity index (χ4v) is 4.03. The lowest BCUT2D eigenvalue weighted by atomic mass is 10.2. The van der Waals surface area contributed by atoms with E-state index >= 15 is 0 Å². The first-order valence-corrected chi connectivity index (χ1v) is 6.62. The van der Waals surface area contributed by atoms with Crippen LogP contribution in [0.2, 0.25) is 17.3 Å². The van der Waals surface area contributed by atoms with Crippen molar-refractivity contribution in [1.82, 2.24) is 0 Å². The summed E-state index contributed by atoms with van der Waals surface area (Å²) in [6.07, 6.45) is 0. The SMILES string of the molecule is Clc1cc(-c2cc(Cl)sc2Cl)c(Cl)s1. The summed E-state index contributed by atoms with van der Waals surface area (Å²) in [7, 11) is 0. The normalized spacial score (nSPS) is 10.9. The minimum atomic E-state index is 0.631. The highest BCUT2D eigenvalue weighted by Crippen LogP contribution is 2.44. The Bertz CT molecular complexity index is 427. The van der Waals surface area contributed by atoms with Crippen LogP contribution in [0.5, 0.6) is 0 Å². The summed E-state index contributed by atoms with van der Waals surface area (Å²) in [5, 5.41) is 0. The van der Waals surface area contributed by atoms with Gasteiger partial charge in [-0.3, -0.25) is 0 Å². The first-order valence-electron chi connectivity index (χ1n) is 3.48. The van der Waals surface area contributed by atoms with Gasteiger partial charge in [0.25, 0.3) is 0 Å². The van der Waals surface area contributed by atoms with Crippen LogP contribution in [0.15, 0.2) is 12.1 Å². The molecule has 0 N–H and O–H groups in total. The Morgan fingerprint density at radius 3 is 1.29 bits per heavy atom. The van der Waals surface area contributed by atoms with Crippen molar-refractivity contribution in [2.24, 2.45) is 0 Å². The summed E-state index contributed by atoms with van der Waals surface area (Å²) >= 11 is 26.3. The van der Waals surface area contributed by atoms with E-state index in [4.69, 9.17) is 46.4 Å². The van der Waals surface area contributed by atoms with Gasteiger partial charge in [-0.1, -0.05) is 46.4 Å². The van der Waals surface area contributed by atoms with Crippen LogP contribution in [0.1, 0.15) is 0 Å². The van der Waals surface area contributed by atoms with Gasteiger partial charge in [0.1, 0.15) is 8.67 Å². The Balaban J connectivity index is 2.59. The molecule has 0 atom stereocenters. The monoisotopic (exact) mass is 302 g/mol. The fraction of sp³-hybridized carbons (Fsp3) is 0. The Kier molecular flexibility index (Phi) is 3.32. The number of hydrogen-bond acceptors (Lipinski definition) is 2. The molecule has 2 heterocycles. The minimum absolute atomic E-state index is 0.631. The molecule has 0 aliphatic rings. The summed E-state index contributed by atoms with van der Waals surface area (Å²) in [6.45, 7) is 0. The maximum absolute atomic E-state index is 6.00. The third-order valence-corrected chi connectivity index (χ3v) is 4.58. The van der Waals surface area contributed by atoms with Crippen LogP contribution < -0.4 is 0 Å². The second-order valence-corrected chi connectivity index (χ2v) is 7.05. The standard InChI is InChI=1S/C8H2Cl4S2/c9-5-1-3(7(11)13-5)4-2-6(10)14-8(4)12/h1-2H. The molecule has 14 heavy (non-hydrogen) atoms. The van der Waals surface area contributed by atoms with E-state index < -0.39 is 0 Å². The minimum Gasteiger partial charge on any atom is -0.111 e. The molecule has 0 aromatic carbocycles. The van der Waals surface area contributed by atoms with E-state index in [0.29, 0.717) is 17.3 Å². The molecule has 74 valence electrons. The van der Waals surface area contributed by atoms with Crippen LogP contribution in [0, 0.1) is 0 Å². The maximum Gasteiger partial charge on any atom is 0.102 e. The van der Waals surface area contributed by atoms with E-state index in [1.54, 1.807) is 12.1 Å². The van der Waals surface area contributed by atoms with Gasteiger partial charge in [-0.15, -0.1) is 22.7 Å². The summed E-state index contributed by atoms with van der Waals surface area (Å²) < 4.78 is 2.55. The first-order chi connectivity index (χ1) is 6.58. The Morgan fingerprint density at radius 2 is 1.07 bits per heavy atom. The molecule has 0 fully saturated rings. The van der Waals surface area contributed by atoms with E-state index in [1.807, 2.05) is 0 Å². The smallest absolute Gasteiger partial charge is 0.102 e. The van der Waals surface area contributed by atoms with E-state index in [1.165, 1.54) is 22.7 Å². The van der Waals surface area contributed by atoms with Crippen molar-refractivity contribution < 1.29 is 0 Å². The van der Waals surface area contributed by atoms with Crippen LogP contribution in [-0.4, -0.2) is 0 Å². The highest BCUT2D eigenvalue weighted by atomic mass is 35.5. The summed E-state index contributed by atoms with van der Waals surface area (Å²) in [5.74, 6) is 0. The van der Waals surface area contributed by atoms with E-state index in [2.05, 4.69) is 0 Å². The van der Waals surface area contributed by atoms with Crippen molar-refractivity contribution in [2.45, 2.75) is 0 Å². The highest BCUT2D eigenvalue weighted by molar-refractivity contribution is 7.21. The van der Waals surface area contributed by atoms with Crippen molar-refractivity contribution >= 4 is 69.1 Å². The number of rotatable bonds is 1. The molecule has 2 aromatic heterocycles. The van der Waals surface area contributed by atoms with Gasteiger partial charge in [0.2, 0.25) is 0 Å². The van der Waals surface area contributed by atoms with Crippen LogP contribution in [-0.2, 0) is 0 Å². The Morgan fingerprint density at radius 1 is 0.714 bits per heavy atom. The van der Waals surface area contributed by atoms with Crippen LogP contribution in [0.4, 0.5) is 0 Å². The summed E-state index contributed by atoms with van der Waals surface area (Å²) in [4.78, 5) is 0. The molecule has 0 aliphatic heterocycles. The lowest BCUT2D eigenvalue weighted by Gasteiger charge is -1.93. The molecule has 0 bridgehead atoms. The molecule has 6 heteroatoms. The zero-order valence-corrected chi connectivity index (χ0v) is 11.1. The molecule has 2 rings (SSSR count). The average Bonchev–Trinajstić information content (AvgIpc) is 2.55. The second-order valence-electron chi connectivity index (χ2n) is 2.48. The molecule has 0 saturated heterocycles. The molecule has 0 radical (unpaired) electrons. The largest absolute Gasteiger partial charge is 0.111 e. The Labute approximate surface area is 109 Å². The third kappa shape index (κ3) is 2.06. The second kappa shape index (κ2) is 4.20. The van der Waals surface area contributed by atoms with Crippen LogP contribution >= 0.6 is 69.1 Å². The van der Waals surface area contributed by atoms with Gasteiger partial charge in [-0.05, 0) is 12.1 Å². The van der Waals surface area contributed by atoms with Crippen molar-refractivity contribution in [2.75, 3.05) is 0 Å². The topological polar surface area (TPSA) is 0 Å². The van der Waals surface area contributed by atoms with Gasteiger partial charge in [-0.2, -0.15) is 0 Å². The molecular formula is C8H2Cl4S2. The summed E-state index contributed by atoms with van der Waals surface area (Å²) in [5.41, 5.74) is 1.68. The van der Waals surface area contributed by atoms with Gasteiger partial charge in [-0.25, -0.2) is 0 Å². The summed E-state index contributed by atoms with van der Waals surface area (Å²) in [6, 6.07) is 3.58. The molecule has 0 amide bonds. The molecule has 0 nitrogen and oxygen atoms in total. The molecule has 0 spiro atoms. The van der Waals surface area contributed by atoms with Gasteiger partial charge in [0.05, 0.1) is 8.67 Å². The quantitative estimate of drug-likeness (QED) is 0.598. The van der Waals surface area contributed by atoms with Crippen LogP contribution in [0.25, 0.3) is 11.1 Å². The zero-order chi connectivity index (χ0) is 10.3. The molecular weight excluding hydrogens is 302 g/mol. The van der Waals surface area contributed by atoms with Gasteiger partial charge >= 0.3 is 0 Å². The molecule has 2 aromatic rings. The number of halogens is 4. The van der Waals surface area contributed by atoms with Crippen molar-refractivity contribution in [1.29, 1.82) is 0 Å². The fourth-order valence-electron chi connectivity index (χ4n) is 1.05. The maximum atomic E-state index is 6.00. The van der Waals surface area contributed by atoms with E-state index in [-0.39, 0.29) is 0 Å². The number of thiophene rings is 2. The lowest BCUT2D eigenvalue weighted by molar-refractivity contribution is 1.83. The predicted molar refractivity (Wildman–Crippen MR) is 67.7 cm³/mol. The van der Waals surface area contributed by atoms with E-state index in [0.717, 1.165) is 11.1 Å². The molecule has 0 aliphatic carbocycles. The predicted octanol–water partition coefficient (Wildman–Crippen LogP) is 6.09. The molecule has 0 unspecified atom stereocenters. The number of hydrogen-bond donors (Lipinski definition) is 0.